The molecule has 6 nitrogen and oxygen atoms in total. The van der Waals surface area contributed by atoms with Crippen LogP contribution in [-0.4, -0.2) is 40.8 Å². The van der Waals surface area contributed by atoms with Crippen LogP contribution in [0.15, 0.2) is 12.5 Å². The number of methoxy groups -OCH3 is 1. The van der Waals surface area contributed by atoms with Gasteiger partial charge in [0.2, 0.25) is 0 Å². The van der Waals surface area contributed by atoms with E-state index in [1.54, 1.807) is 7.11 Å². The number of nitrogen functional groups attached to an aromatic ring is 1. The number of hydrogen-bond donors (Lipinski definition) is 2. The Labute approximate surface area is 124 Å². The van der Waals surface area contributed by atoms with E-state index in [2.05, 4.69) is 48.6 Å². The largest absolute Gasteiger partial charge is 0.383 e. The first-order valence-corrected chi connectivity index (χ1v) is 7.27. The summed E-state index contributed by atoms with van der Waals surface area (Å²) in [7, 11) is 1.73. The molecule has 0 aromatic carbocycles. The van der Waals surface area contributed by atoms with E-state index < -0.39 is 0 Å². The number of halogens is 1. The van der Waals surface area contributed by atoms with Crippen LogP contribution in [0.3, 0.4) is 0 Å². The van der Waals surface area contributed by atoms with Gasteiger partial charge in [-0.25, -0.2) is 9.97 Å². The topological polar surface area (TPSA) is 78.0 Å². The number of aromatic nitrogens is 3. The van der Waals surface area contributed by atoms with Crippen LogP contribution in [0, 0.1) is 3.57 Å². The van der Waals surface area contributed by atoms with Crippen molar-refractivity contribution in [1.82, 2.24) is 19.9 Å². The van der Waals surface area contributed by atoms with Gasteiger partial charge in [0, 0.05) is 35.5 Å². The van der Waals surface area contributed by atoms with E-state index >= 15 is 0 Å². The van der Waals surface area contributed by atoms with Gasteiger partial charge < -0.3 is 20.4 Å². The summed E-state index contributed by atoms with van der Waals surface area (Å²) in [6.07, 6.45) is 4.68. The molecule has 0 unspecified atom stereocenters. The van der Waals surface area contributed by atoms with Crippen LogP contribution in [0.5, 0.6) is 0 Å². The molecular formula is C12H16IN5O. The van der Waals surface area contributed by atoms with E-state index in [1.165, 1.54) is 6.33 Å². The van der Waals surface area contributed by atoms with E-state index in [4.69, 9.17) is 10.5 Å². The number of fused-ring (bicyclic) bond motifs is 1. The molecule has 2 aromatic rings. The number of ether oxygens (including phenoxy) is 1. The average molecular weight is 373 g/mol. The van der Waals surface area contributed by atoms with Crippen LogP contribution in [0.4, 0.5) is 5.82 Å². The molecule has 0 aliphatic carbocycles. The third-order valence-corrected chi connectivity index (χ3v) is 4.37. The molecule has 2 aromatic heterocycles. The third-order valence-electron chi connectivity index (χ3n) is 3.55. The zero-order chi connectivity index (χ0) is 13.4. The molecule has 1 saturated heterocycles. The molecule has 3 rings (SSSR count). The fourth-order valence-electron chi connectivity index (χ4n) is 2.68. The second-order valence-corrected chi connectivity index (χ2v) is 5.95. The lowest BCUT2D eigenvalue weighted by Crippen LogP contribution is -2.25. The molecule has 1 fully saturated rings. The summed E-state index contributed by atoms with van der Waals surface area (Å²) >= 11 is 2.29. The first-order chi connectivity index (χ1) is 9.20. The minimum Gasteiger partial charge on any atom is -0.383 e. The van der Waals surface area contributed by atoms with Crippen molar-refractivity contribution in [2.75, 3.05) is 26.0 Å². The summed E-state index contributed by atoms with van der Waals surface area (Å²) in [5, 5.41) is 4.43. The fraction of sp³-hybridized carbons (Fsp3) is 0.500. The molecule has 3 N–H and O–H groups in total. The standard InChI is InChI=1S/C12H16IN5O/c1-19-5-7-2-8(3-15-7)18-4-9(13)10-11(14)16-6-17-12(10)18/h4,6-8,15H,2-3,5H2,1H3,(H2,14,16,17)/t7-,8+/m1/s1. The average Bonchev–Trinajstić information content (AvgIpc) is 2.96. The summed E-state index contributed by atoms with van der Waals surface area (Å²) in [5.74, 6) is 0.549. The molecule has 3 heterocycles. The van der Waals surface area contributed by atoms with Crippen LogP contribution < -0.4 is 11.1 Å². The predicted octanol–water partition coefficient (Wildman–Crippen LogP) is 1.17. The van der Waals surface area contributed by atoms with Crippen molar-refractivity contribution in [2.24, 2.45) is 0 Å². The van der Waals surface area contributed by atoms with Gasteiger partial charge in [-0.3, -0.25) is 0 Å². The van der Waals surface area contributed by atoms with E-state index in [-0.39, 0.29) is 0 Å². The van der Waals surface area contributed by atoms with Crippen LogP contribution in [0.25, 0.3) is 11.0 Å². The van der Waals surface area contributed by atoms with Gasteiger partial charge in [0.25, 0.3) is 0 Å². The molecule has 0 bridgehead atoms. The molecule has 0 spiro atoms. The van der Waals surface area contributed by atoms with Crippen molar-refractivity contribution in [3.05, 3.63) is 16.1 Å². The van der Waals surface area contributed by atoms with E-state index in [0.717, 1.165) is 34.2 Å². The molecule has 2 atom stereocenters. The Balaban J connectivity index is 1.96. The minimum absolute atomic E-state index is 0.389. The zero-order valence-electron chi connectivity index (χ0n) is 10.6. The molecule has 102 valence electrons. The lowest BCUT2D eigenvalue weighted by molar-refractivity contribution is 0.172. The number of nitrogens with two attached hydrogens (primary N) is 1. The molecule has 0 saturated carbocycles. The Morgan fingerprint density at radius 3 is 3.21 bits per heavy atom. The Morgan fingerprint density at radius 2 is 2.42 bits per heavy atom. The van der Waals surface area contributed by atoms with Crippen molar-refractivity contribution in [3.8, 4) is 0 Å². The van der Waals surface area contributed by atoms with E-state index in [1.807, 2.05) is 0 Å². The summed E-state index contributed by atoms with van der Waals surface area (Å²) in [6, 6.07) is 0.796. The van der Waals surface area contributed by atoms with Crippen molar-refractivity contribution < 1.29 is 4.74 Å². The maximum Gasteiger partial charge on any atom is 0.146 e. The van der Waals surface area contributed by atoms with Gasteiger partial charge >= 0.3 is 0 Å². The fourth-order valence-corrected chi connectivity index (χ4v) is 3.50. The summed E-state index contributed by atoms with van der Waals surface area (Å²) in [5.41, 5.74) is 6.86. The van der Waals surface area contributed by atoms with Gasteiger partial charge in [-0.1, -0.05) is 0 Å². The highest BCUT2D eigenvalue weighted by molar-refractivity contribution is 14.1. The van der Waals surface area contributed by atoms with Crippen molar-refractivity contribution >= 4 is 39.4 Å². The molecule has 0 radical (unpaired) electrons. The van der Waals surface area contributed by atoms with E-state index in [0.29, 0.717) is 17.9 Å². The molecule has 1 aliphatic rings. The maximum absolute atomic E-state index is 5.94. The Hall–Kier alpha value is -0.930. The quantitative estimate of drug-likeness (QED) is 0.790. The highest BCUT2D eigenvalue weighted by Gasteiger charge is 2.27. The normalized spacial score (nSPS) is 23.3. The van der Waals surface area contributed by atoms with E-state index in [9.17, 15) is 0 Å². The predicted molar refractivity (Wildman–Crippen MR) is 82.0 cm³/mol. The zero-order valence-corrected chi connectivity index (χ0v) is 12.8. The first-order valence-electron chi connectivity index (χ1n) is 6.19. The first kappa shape index (κ1) is 13.1. The number of anilines is 1. The van der Waals surface area contributed by atoms with Gasteiger partial charge in [-0.2, -0.15) is 0 Å². The Bertz CT molecular complexity index is 599. The molecule has 1 aliphatic heterocycles. The molecule has 0 amide bonds. The second-order valence-electron chi connectivity index (χ2n) is 4.79. The third kappa shape index (κ3) is 2.30. The highest BCUT2D eigenvalue weighted by Crippen LogP contribution is 2.30. The summed E-state index contributed by atoms with van der Waals surface area (Å²) < 4.78 is 8.51. The Kier molecular flexibility index (Phi) is 3.59. The van der Waals surface area contributed by atoms with Crippen LogP contribution in [0.2, 0.25) is 0 Å². The van der Waals surface area contributed by atoms with Crippen molar-refractivity contribution in [1.29, 1.82) is 0 Å². The van der Waals surface area contributed by atoms with Gasteiger partial charge in [-0.15, -0.1) is 0 Å². The van der Waals surface area contributed by atoms with Crippen LogP contribution in [0.1, 0.15) is 12.5 Å². The number of nitrogens with zero attached hydrogens (tertiary/aromatic N) is 3. The molecule has 19 heavy (non-hydrogen) atoms. The SMILES string of the molecule is COC[C@H]1C[C@H](n2cc(I)c3c(N)ncnc32)CN1. The van der Waals surface area contributed by atoms with Crippen LogP contribution >= 0.6 is 22.6 Å². The lowest BCUT2D eigenvalue weighted by atomic mass is 10.2. The highest BCUT2D eigenvalue weighted by atomic mass is 127. The minimum atomic E-state index is 0.389. The monoisotopic (exact) mass is 373 g/mol. The smallest absolute Gasteiger partial charge is 0.146 e. The lowest BCUT2D eigenvalue weighted by Gasteiger charge is -2.12. The molecular weight excluding hydrogens is 357 g/mol. The van der Waals surface area contributed by atoms with Gasteiger partial charge in [0.15, 0.2) is 0 Å². The van der Waals surface area contributed by atoms with Crippen LogP contribution in [-0.2, 0) is 4.74 Å². The van der Waals surface area contributed by atoms with Crippen molar-refractivity contribution in [2.45, 2.75) is 18.5 Å². The second kappa shape index (κ2) is 5.22. The van der Waals surface area contributed by atoms with Gasteiger partial charge in [-0.05, 0) is 29.0 Å². The Morgan fingerprint density at radius 1 is 1.58 bits per heavy atom. The summed E-state index contributed by atoms with van der Waals surface area (Å²) in [6.45, 7) is 1.67. The number of nitrogens with one attached hydrogen (secondary N) is 1. The maximum atomic E-state index is 5.94. The van der Waals surface area contributed by atoms with Crippen molar-refractivity contribution in [3.63, 3.8) is 0 Å². The number of hydrogen-bond acceptors (Lipinski definition) is 5. The van der Waals surface area contributed by atoms with Gasteiger partial charge in [0.05, 0.1) is 12.0 Å². The number of rotatable bonds is 3. The molecule has 7 heteroatoms. The summed E-state index contributed by atoms with van der Waals surface area (Å²) in [4.78, 5) is 8.45. The van der Waals surface area contributed by atoms with Gasteiger partial charge in [0.1, 0.15) is 17.8 Å².